The van der Waals surface area contributed by atoms with Crippen molar-refractivity contribution in [2.24, 2.45) is 0 Å². The summed E-state index contributed by atoms with van der Waals surface area (Å²) in [6.07, 6.45) is 5.61. The Morgan fingerprint density at radius 2 is 1.79 bits per heavy atom. The molecule has 1 aromatic rings. The largest absolute Gasteiger partial charge is 0.293 e. The molecule has 0 spiro atoms. The second-order valence-electron chi connectivity index (χ2n) is 4.54. The lowest BCUT2D eigenvalue weighted by Gasteiger charge is -2.24. The van der Waals surface area contributed by atoms with E-state index in [2.05, 4.69) is 35.2 Å². The molecule has 0 unspecified atom stereocenters. The van der Waals surface area contributed by atoms with Crippen LogP contribution >= 0.6 is 0 Å². The molecule has 1 heteroatoms. The second kappa shape index (κ2) is 3.39. The highest BCUT2D eigenvalue weighted by atomic mass is 15.2. The normalized spacial score (nSPS) is 28.1. The van der Waals surface area contributed by atoms with Crippen LogP contribution in [-0.4, -0.2) is 17.5 Å². The number of likely N-dealkylation sites (tertiary alicyclic amines) is 1. The Hall–Kier alpha value is -0.820. The Morgan fingerprint density at radius 3 is 2.50 bits per heavy atom. The molecular formula is C13H17N. The molecular weight excluding hydrogens is 170 g/mol. The van der Waals surface area contributed by atoms with Gasteiger partial charge in [0.05, 0.1) is 0 Å². The average molecular weight is 187 g/mol. The number of hydrogen-bond donors (Lipinski definition) is 0. The first-order valence-corrected chi connectivity index (χ1v) is 5.76. The van der Waals surface area contributed by atoms with Crippen LogP contribution in [0.2, 0.25) is 0 Å². The van der Waals surface area contributed by atoms with Gasteiger partial charge in [-0.05, 0) is 37.8 Å². The van der Waals surface area contributed by atoms with Crippen LogP contribution in [0.4, 0.5) is 0 Å². The molecule has 1 heterocycles. The maximum Gasteiger partial charge on any atom is 0.0351 e. The van der Waals surface area contributed by atoms with Crippen molar-refractivity contribution < 1.29 is 0 Å². The third-order valence-corrected chi connectivity index (χ3v) is 3.49. The lowest BCUT2D eigenvalue weighted by atomic mass is 10.0. The highest BCUT2D eigenvalue weighted by molar-refractivity contribution is 5.20. The van der Waals surface area contributed by atoms with Gasteiger partial charge < -0.3 is 0 Å². The van der Waals surface area contributed by atoms with Crippen molar-refractivity contribution in [2.45, 2.75) is 37.8 Å². The van der Waals surface area contributed by atoms with Crippen molar-refractivity contribution in [3.63, 3.8) is 0 Å². The Labute approximate surface area is 85.7 Å². The molecule has 1 atom stereocenters. The summed E-state index contributed by atoms with van der Waals surface area (Å²) in [4.78, 5) is 2.72. The van der Waals surface area contributed by atoms with E-state index in [1.54, 1.807) is 0 Å². The third kappa shape index (κ3) is 1.46. The van der Waals surface area contributed by atoms with E-state index in [9.17, 15) is 0 Å². The van der Waals surface area contributed by atoms with Gasteiger partial charge in [-0.3, -0.25) is 4.90 Å². The summed E-state index contributed by atoms with van der Waals surface area (Å²) in [6, 6.07) is 12.7. The van der Waals surface area contributed by atoms with Crippen LogP contribution in [-0.2, 0) is 0 Å². The highest BCUT2D eigenvalue weighted by Crippen LogP contribution is 2.40. The molecule has 0 N–H and O–H groups in total. The topological polar surface area (TPSA) is 3.24 Å². The quantitative estimate of drug-likeness (QED) is 0.688. The molecule has 74 valence electrons. The number of hydrogen-bond acceptors (Lipinski definition) is 1. The maximum atomic E-state index is 2.72. The molecule has 0 amide bonds. The zero-order valence-electron chi connectivity index (χ0n) is 8.52. The summed E-state index contributed by atoms with van der Waals surface area (Å²) >= 11 is 0. The van der Waals surface area contributed by atoms with E-state index in [-0.39, 0.29) is 0 Å². The van der Waals surface area contributed by atoms with Crippen molar-refractivity contribution in [3.05, 3.63) is 35.9 Å². The van der Waals surface area contributed by atoms with Gasteiger partial charge in [-0.2, -0.15) is 0 Å². The van der Waals surface area contributed by atoms with Gasteiger partial charge in [0.2, 0.25) is 0 Å². The predicted octanol–water partition coefficient (Wildman–Crippen LogP) is 2.99. The molecule has 0 radical (unpaired) electrons. The molecule has 1 aromatic carbocycles. The average Bonchev–Trinajstić information content (AvgIpc) is 2.98. The van der Waals surface area contributed by atoms with Crippen LogP contribution < -0.4 is 0 Å². The van der Waals surface area contributed by atoms with E-state index in [4.69, 9.17) is 0 Å². The zero-order valence-corrected chi connectivity index (χ0v) is 8.52. The van der Waals surface area contributed by atoms with Crippen LogP contribution in [0, 0.1) is 0 Å². The fraction of sp³-hybridized carbons (Fsp3) is 0.538. The molecule has 1 aliphatic heterocycles. The Balaban J connectivity index is 1.83. The molecule has 3 rings (SSSR count). The summed E-state index contributed by atoms with van der Waals surface area (Å²) in [5.41, 5.74) is 1.52. The molecule has 0 aromatic heterocycles. The Kier molecular flexibility index (Phi) is 2.06. The number of nitrogens with zero attached hydrogens (tertiary/aromatic N) is 1. The van der Waals surface area contributed by atoms with Gasteiger partial charge in [0.15, 0.2) is 0 Å². The summed E-state index contributed by atoms with van der Waals surface area (Å²) in [7, 11) is 0. The highest BCUT2D eigenvalue weighted by Gasteiger charge is 2.37. The minimum Gasteiger partial charge on any atom is -0.293 e. The molecule has 1 saturated carbocycles. The zero-order chi connectivity index (χ0) is 9.38. The molecule has 0 bridgehead atoms. The first-order chi connectivity index (χ1) is 6.95. The standard InChI is InChI=1S/C13H17N/c1-2-5-11(6-3-1)13-7-4-10-14(13)12-8-9-12/h1-3,5-6,12-13H,4,7-10H2/t13-/m0/s1. The van der Waals surface area contributed by atoms with Crippen molar-refractivity contribution in [1.29, 1.82) is 0 Å². The van der Waals surface area contributed by atoms with E-state index in [0.29, 0.717) is 0 Å². The van der Waals surface area contributed by atoms with Crippen molar-refractivity contribution in [2.75, 3.05) is 6.54 Å². The van der Waals surface area contributed by atoms with Crippen molar-refractivity contribution in [3.8, 4) is 0 Å². The second-order valence-corrected chi connectivity index (χ2v) is 4.54. The lowest BCUT2D eigenvalue weighted by molar-refractivity contribution is 0.246. The van der Waals surface area contributed by atoms with Gasteiger partial charge in [-0.1, -0.05) is 30.3 Å². The van der Waals surface area contributed by atoms with E-state index in [0.717, 1.165) is 12.1 Å². The minimum absolute atomic E-state index is 0.726. The fourth-order valence-electron chi connectivity index (χ4n) is 2.67. The molecule has 14 heavy (non-hydrogen) atoms. The van der Waals surface area contributed by atoms with Gasteiger partial charge >= 0.3 is 0 Å². The lowest BCUT2D eigenvalue weighted by Crippen LogP contribution is -2.25. The molecule has 2 fully saturated rings. The van der Waals surface area contributed by atoms with E-state index in [1.165, 1.54) is 37.8 Å². The predicted molar refractivity (Wildman–Crippen MR) is 58.1 cm³/mol. The van der Waals surface area contributed by atoms with Crippen LogP contribution in [0.15, 0.2) is 30.3 Å². The van der Waals surface area contributed by atoms with Crippen LogP contribution in [0.25, 0.3) is 0 Å². The number of benzene rings is 1. The smallest absolute Gasteiger partial charge is 0.0351 e. The minimum atomic E-state index is 0.726. The summed E-state index contributed by atoms with van der Waals surface area (Å²) in [6.45, 7) is 1.32. The van der Waals surface area contributed by atoms with Crippen molar-refractivity contribution in [1.82, 2.24) is 4.90 Å². The first kappa shape index (κ1) is 8.49. The third-order valence-electron chi connectivity index (χ3n) is 3.49. The molecule has 2 aliphatic rings. The Morgan fingerprint density at radius 1 is 1.00 bits per heavy atom. The van der Waals surface area contributed by atoms with Crippen molar-refractivity contribution >= 4 is 0 Å². The van der Waals surface area contributed by atoms with Gasteiger partial charge in [0, 0.05) is 12.1 Å². The van der Waals surface area contributed by atoms with Gasteiger partial charge in [0.1, 0.15) is 0 Å². The van der Waals surface area contributed by atoms with E-state index >= 15 is 0 Å². The maximum absolute atomic E-state index is 2.72. The fourth-order valence-corrected chi connectivity index (χ4v) is 2.67. The van der Waals surface area contributed by atoms with Gasteiger partial charge in [-0.25, -0.2) is 0 Å². The van der Waals surface area contributed by atoms with Crippen LogP contribution in [0.1, 0.15) is 37.3 Å². The molecule has 1 aliphatic carbocycles. The summed E-state index contributed by atoms with van der Waals surface area (Å²) in [5, 5.41) is 0. The number of rotatable bonds is 2. The van der Waals surface area contributed by atoms with E-state index in [1.807, 2.05) is 0 Å². The summed E-state index contributed by atoms with van der Waals surface area (Å²) in [5.74, 6) is 0. The first-order valence-electron chi connectivity index (χ1n) is 5.76. The van der Waals surface area contributed by atoms with Crippen LogP contribution in [0.5, 0.6) is 0 Å². The Bertz CT molecular complexity index is 302. The van der Waals surface area contributed by atoms with Gasteiger partial charge in [-0.15, -0.1) is 0 Å². The SMILES string of the molecule is c1ccc([C@@H]2CCCN2C2CC2)cc1. The van der Waals surface area contributed by atoms with Crippen LogP contribution in [0.3, 0.4) is 0 Å². The molecule has 1 saturated heterocycles. The monoisotopic (exact) mass is 187 g/mol. The van der Waals surface area contributed by atoms with E-state index < -0.39 is 0 Å². The molecule has 1 nitrogen and oxygen atoms in total. The summed E-state index contributed by atoms with van der Waals surface area (Å²) < 4.78 is 0. The van der Waals surface area contributed by atoms with Gasteiger partial charge in [0.25, 0.3) is 0 Å².